The summed E-state index contributed by atoms with van der Waals surface area (Å²) in [7, 11) is 0. The van der Waals surface area contributed by atoms with Crippen LogP contribution in [0.15, 0.2) is 54.6 Å². The highest BCUT2D eigenvalue weighted by Crippen LogP contribution is 2.26. The largest absolute Gasteiger partial charge is 0.368 e. The summed E-state index contributed by atoms with van der Waals surface area (Å²) < 4.78 is 19.1. The minimum Gasteiger partial charge on any atom is -0.368 e. The fraction of sp³-hybridized carbons (Fsp3) is 0.346. The molecule has 1 atom stereocenters. The Morgan fingerprint density at radius 1 is 1.18 bits per heavy atom. The average molecular weight is 450 g/mol. The van der Waals surface area contributed by atoms with Crippen LogP contribution in [0, 0.1) is 5.82 Å². The quantitative estimate of drug-likeness (QED) is 0.617. The molecule has 33 heavy (non-hydrogen) atoms. The Bertz CT molecular complexity index is 1150. The number of rotatable bonds is 6. The predicted octanol–water partition coefficient (Wildman–Crippen LogP) is 4.04. The number of nitrogens with zero attached hydrogens (tertiary/aromatic N) is 2. The first kappa shape index (κ1) is 22.9. The fourth-order valence-electron chi connectivity index (χ4n) is 4.00. The van der Waals surface area contributed by atoms with Gasteiger partial charge in [-0.25, -0.2) is 9.37 Å². The Morgan fingerprint density at radius 3 is 2.70 bits per heavy atom. The van der Waals surface area contributed by atoms with Crippen LogP contribution < -0.4 is 5.32 Å². The number of fused-ring (bicyclic) bond motifs is 1. The monoisotopic (exact) mass is 449 g/mol. The number of carbonyl (C=O) groups excluding carboxylic acids is 2. The van der Waals surface area contributed by atoms with Crippen LogP contribution in [-0.4, -0.2) is 47.4 Å². The average Bonchev–Trinajstić information content (AvgIpc) is 2.82. The van der Waals surface area contributed by atoms with E-state index in [-0.39, 0.29) is 23.7 Å². The molecule has 0 bridgehead atoms. The molecule has 1 aliphatic rings. The van der Waals surface area contributed by atoms with Gasteiger partial charge in [-0.3, -0.25) is 9.59 Å². The number of nitrogens with one attached hydrogen (secondary N) is 1. The molecule has 4 rings (SSSR count). The highest BCUT2D eigenvalue weighted by molar-refractivity contribution is 6.06. The van der Waals surface area contributed by atoms with Crippen molar-refractivity contribution in [2.45, 2.75) is 38.8 Å². The van der Waals surface area contributed by atoms with Crippen molar-refractivity contribution in [1.29, 1.82) is 0 Å². The van der Waals surface area contributed by atoms with Crippen molar-refractivity contribution in [3.05, 3.63) is 77.2 Å². The summed E-state index contributed by atoms with van der Waals surface area (Å²) in [5.41, 5.74) is 2.82. The number of pyridine rings is 1. The second-order valence-electron chi connectivity index (χ2n) is 8.57. The second-order valence-corrected chi connectivity index (χ2v) is 8.57. The first-order valence-electron chi connectivity index (χ1n) is 11.2. The van der Waals surface area contributed by atoms with Gasteiger partial charge in [-0.1, -0.05) is 30.3 Å². The maximum Gasteiger partial charge on any atom is 0.252 e. The summed E-state index contributed by atoms with van der Waals surface area (Å²) in [5.74, 6) is -0.426. The molecule has 1 fully saturated rings. The molecule has 1 aliphatic heterocycles. The Balaban J connectivity index is 1.51. The number of amides is 2. The van der Waals surface area contributed by atoms with E-state index in [0.717, 1.165) is 10.9 Å². The van der Waals surface area contributed by atoms with E-state index in [0.29, 0.717) is 49.3 Å². The number of aromatic nitrogens is 1. The van der Waals surface area contributed by atoms with E-state index in [9.17, 15) is 14.0 Å². The first-order chi connectivity index (χ1) is 15.9. The number of hydrogen-bond donors (Lipinski definition) is 1. The molecular formula is C26H28FN3O3. The van der Waals surface area contributed by atoms with E-state index >= 15 is 0 Å². The van der Waals surface area contributed by atoms with Crippen LogP contribution in [0.2, 0.25) is 0 Å². The third-order valence-corrected chi connectivity index (χ3v) is 5.69. The zero-order chi connectivity index (χ0) is 23.4. The molecule has 0 unspecified atom stereocenters. The molecule has 172 valence electrons. The minimum atomic E-state index is -0.413. The topological polar surface area (TPSA) is 71.5 Å². The minimum absolute atomic E-state index is 0.00743. The number of ether oxygens (including phenoxy) is 1. The van der Waals surface area contributed by atoms with Crippen molar-refractivity contribution in [3.8, 4) is 0 Å². The molecule has 1 N–H and O–H groups in total. The summed E-state index contributed by atoms with van der Waals surface area (Å²) in [4.78, 5) is 32.2. The molecule has 6 nitrogen and oxygen atoms in total. The molecule has 2 amide bonds. The number of halogens is 1. The van der Waals surface area contributed by atoms with Crippen LogP contribution in [0.5, 0.6) is 0 Å². The lowest BCUT2D eigenvalue weighted by atomic mass is 10.0. The lowest BCUT2D eigenvalue weighted by molar-refractivity contribution is -0.139. The zero-order valence-electron chi connectivity index (χ0n) is 18.9. The number of morpholine rings is 1. The Labute approximate surface area is 192 Å². The molecule has 2 heterocycles. The fourth-order valence-corrected chi connectivity index (χ4v) is 4.00. The summed E-state index contributed by atoms with van der Waals surface area (Å²) >= 11 is 0. The summed E-state index contributed by atoms with van der Waals surface area (Å²) in [6.45, 7) is 5.12. The van der Waals surface area contributed by atoms with Gasteiger partial charge in [0, 0.05) is 24.4 Å². The number of hydrogen-bond acceptors (Lipinski definition) is 4. The Hall–Kier alpha value is -3.32. The molecule has 1 saturated heterocycles. The normalized spacial score (nSPS) is 16.2. The number of benzene rings is 2. The SMILES string of the molecule is CC(C)NC(=O)c1cc([C@@H]2CN(C(=O)CCc3ccc(F)cc3)CCO2)nc2ccccc12. The molecule has 0 spiro atoms. The molecule has 0 radical (unpaired) electrons. The molecule has 3 aromatic rings. The van der Waals surface area contributed by atoms with Gasteiger partial charge in [0.1, 0.15) is 11.9 Å². The summed E-state index contributed by atoms with van der Waals surface area (Å²) in [5, 5.41) is 3.73. The Morgan fingerprint density at radius 2 is 1.94 bits per heavy atom. The highest BCUT2D eigenvalue weighted by atomic mass is 19.1. The molecule has 1 aromatic heterocycles. The van der Waals surface area contributed by atoms with E-state index in [1.807, 2.05) is 38.1 Å². The highest BCUT2D eigenvalue weighted by Gasteiger charge is 2.27. The van der Waals surface area contributed by atoms with E-state index in [2.05, 4.69) is 5.32 Å². The van der Waals surface area contributed by atoms with Crippen molar-refractivity contribution >= 4 is 22.7 Å². The summed E-state index contributed by atoms with van der Waals surface area (Å²) in [6, 6.07) is 15.5. The van der Waals surface area contributed by atoms with Crippen molar-refractivity contribution in [1.82, 2.24) is 15.2 Å². The second kappa shape index (κ2) is 10.1. The third kappa shape index (κ3) is 5.54. The van der Waals surface area contributed by atoms with Gasteiger partial charge in [0.2, 0.25) is 5.91 Å². The van der Waals surface area contributed by atoms with Gasteiger partial charge >= 0.3 is 0 Å². The van der Waals surface area contributed by atoms with Crippen molar-refractivity contribution in [2.24, 2.45) is 0 Å². The number of para-hydroxylation sites is 1. The van der Waals surface area contributed by atoms with Crippen molar-refractivity contribution in [2.75, 3.05) is 19.7 Å². The molecule has 0 aliphatic carbocycles. The van der Waals surface area contributed by atoms with Crippen molar-refractivity contribution in [3.63, 3.8) is 0 Å². The third-order valence-electron chi connectivity index (χ3n) is 5.69. The van der Waals surface area contributed by atoms with Gasteiger partial charge in [0.05, 0.1) is 29.9 Å². The van der Waals surface area contributed by atoms with E-state index in [1.165, 1.54) is 12.1 Å². The van der Waals surface area contributed by atoms with Gasteiger partial charge in [-0.05, 0) is 50.1 Å². The lowest BCUT2D eigenvalue weighted by Crippen LogP contribution is -2.42. The lowest BCUT2D eigenvalue weighted by Gasteiger charge is -2.33. The van der Waals surface area contributed by atoms with Gasteiger partial charge in [-0.2, -0.15) is 0 Å². The molecule has 7 heteroatoms. The van der Waals surface area contributed by atoms with Crippen LogP contribution in [0.25, 0.3) is 10.9 Å². The Kier molecular flexibility index (Phi) is 6.99. The van der Waals surface area contributed by atoms with Crippen LogP contribution in [-0.2, 0) is 16.0 Å². The maximum atomic E-state index is 13.1. The van der Waals surface area contributed by atoms with Crippen LogP contribution >= 0.6 is 0 Å². The van der Waals surface area contributed by atoms with Gasteiger partial charge in [0.25, 0.3) is 5.91 Å². The standard InChI is InChI=1S/C26H28FN3O3/c1-17(2)28-26(32)21-15-23(29-22-6-4-3-5-20(21)22)24-16-30(13-14-33-24)25(31)12-9-18-7-10-19(27)11-8-18/h3-8,10-11,15,17,24H,9,12-14,16H2,1-2H3,(H,28,32)/t24-/m0/s1. The first-order valence-corrected chi connectivity index (χ1v) is 11.2. The van der Waals surface area contributed by atoms with Crippen LogP contribution in [0.4, 0.5) is 4.39 Å². The van der Waals surface area contributed by atoms with Crippen molar-refractivity contribution < 1.29 is 18.7 Å². The van der Waals surface area contributed by atoms with Crippen LogP contribution in [0.3, 0.4) is 0 Å². The summed E-state index contributed by atoms with van der Waals surface area (Å²) in [6.07, 6.45) is 0.476. The van der Waals surface area contributed by atoms with Gasteiger partial charge in [-0.15, -0.1) is 0 Å². The van der Waals surface area contributed by atoms with Crippen LogP contribution in [0.1, 0.15) is 48.0 Å². The van der Waals surface area contributed by atoms with Gasteiger partial charge in [0.15, 0.2) is 0 Å². The number of carbonyl (C=O) groups is 2. The van der Waals surface area contributed by atoms with E-state index < -0.39 is 6.10 Å². The zero-order valence-corrected chi connectivity index (χ0v) is 18.9. The smallest absolute Gasteiger partial charge is 0.252 e. The van der Waals surface area contributed by atoms with E-state index in [1.54, 1.807) is 23.1 Å². The maximum absolute atomic E-state index is 13.1. The number of aryl methyl sites for hydroxylation is 1. The van der Waals surface area contributed by atoms with Gasteiger partial charge < -0.3 is 15.0 Å². The molecular weight excluding hydrogens is 421 g/mol. The molecule has 2 aromatic carbocycles. The molecule has 0 saturated carbocycles. The van der Waals surface area contributed by atoms with E-state index in [4.69, 9.17) is 9.72 Å². The predicted molar refractivity (Wildman–Crippen MR) is 124 cm³/mol.